The van der Waals surface area contributed by atoms with Crippen molar-refractivity contribution in [1.82, 2.24) is 5.43 Å². The Labute approximate surface area is 121 Å². The number of benzene rings is 1. The van der Waals surface area contributed by atoms with E-state index in [-0.39, 0.29) is 12.1 Å². The molecule has 3 nitrogen and oxygen atoms in total. The number of hydrogen-bond donors (Lipinski definition) is 2. The molecule has 4 heteroatoms. The summed E-state index contributed by atoms with van der Waals surface area (Å²) in [6, 6.07) is 6.21. The number of halogens is 1. The van der Waals surface area contributed by atoms with E-state index in [9.17, 15) is 0 Å². The third-order valence-electron chi connectivity index (χ3n) is 3.27. The second-order valence-electron chi connectivity index (χ2n) is 4.85. The van der Waals surface area contributed by atoms with Gasteiger partial charge < -0.3 is 4.74 Å². The number of hydrogen-bond acceptors (Lipinski definition) is 3. The molecule has 2 atom stereocenters. The molecule has 0 radical (unpaired) electrons. The standard InChI is InChI=1S/C15H25ClN2O/c1-4-6-15(19-5-2)14(18-17)10-12-8-7-11(3)9-13(12)16/h7-9,14-15,18H,4-6,10,17H2,1-3H3. The van der Waals surface area contributed by atoms with Gasteiger partial charge in [0.05, 0.1) is 12.1 Å². The molecule has 2 unspecified atom stereocenters. The van der Waals surface area contributed by atoms with E-state index in [0.717, 1.165) is 29.8 Å². The van der Waals surface area contributed by atoms with Crippen molar-refractivity contribution < 1.29 is 4.74 Å². The molecule has 0 aliphatic heterocycles. The molecule has 1 rings (SSSR count). The van der Waals surface area contributed by atoms with Gasteiger partial charge in [-0.1, -0.05) is 37.1 Å². The van der Waals surface area contributed by atoms with Crippen LogP contribution in [0.2, 0.25) is 5.02 Å². The highest BCUT2D eigenvalue weighted by molar-refractivity contribution is 6.31. The van der Waals surface area contributed by atoms with Gasteiger partial charge in [-0.25, -0.2) is 0 Å². The van der Waals surface area contributed by atoms with Gasteiger partial charge in [-0.2, -0.15) is 0 Å². The molecule has 0 saturated heterocycles. The van der Waals surface area contributed by atoms with Gasteiger partial charge in [0.15, 0.2) is 0 Å². The van der Waals surface area contributed by atoms with Crippen molar-refractivity contribution in [2.45, 2.75) is 52.2 Å². The highest BCUT2D eigenvalue weighted by Crippen LogP contribution is 2.21. The first-order valence-corrected chi connectivity index (χ1v) is 7.32. The van der Waals surface area contributed by atoms with Gasteiger partial charge in [-0.3, -0.25) is 11.3 Å². The zero-order valence-corrected chi connectivity index (χ0v) is 12.8. The van der Waals surface area contributed by atoms with Crippen LogP contribution in [0, 0.1) is 6.92 Å². The maximum Gasteiger partial charge on any atom is 0.0744 e. The molecule has 1 aromatic carbocycles. The fraction of sp³-hybridized carbons (Fsp3) is 0.600. The maximum absolute atomic E-state index is 6.28. The van der Waals surface area contributed by atoms with Crippen molar-refractivity contribution in [3.05, 3.63) is 34.3 Å². The van der Waals surface area contributed by atoms with Gasteiger partial charge in [0, 0.05) is 11.6 Å². The Balaban J connectivity index is 2.78. The average molecular weight is 285 g/mol. The van der Waals surface area contributed by atoms with E-state index >= 15 is 0 Å². The lowest BCUT2D eigenvalue weighted by molar-refractivity contribution is 0.0281. The lowest BCUT2D eigenvalue weighted by atomic mass is 9.98. The Kier molecular flexibility index (Phi) is 7.39. The fourth-order valence-corrected chi connectivity index (χ4v) is 2.56. The van der Waals surface area contributed by atoms with Crippen LogP contribution >= 0.6 is 11.6 Å². The molecule has 3 N–H and O–H groups in total. The summed E-state index contributed by atoms with van der Waals surface area (Å²) in [5.41, 5.74) is 5.15. The maximum atomic E-state index is 6.28. The van der Waals surface area contributed by atoms with Crippen LogP contribution in [0.1, 0.15) is 37.8 Å². The van der Waals surface area contributed by atoms with Crippen molar-refractivity contribution in [2.75, 3.05) is 6.61 Å². The first kappa shape index (κ1) is 16.4. The molecule has 19 heavy (non-hydrogen) atoms. The van der Waals surface area contributed by atoms with E-state index in [0.29, 0.717) is 6.61 Å². The summed E-state index contributed by atoms with van der Waals surface area (Å²) in [5.74, 6) is 5.69. The first-order chi connectivity index (χ1) is 9.12. The Morgan fingerprint density at radius 3 is 2.63 bits per heavy atom. The number of ether oxygens (including phenoxy) is 1. The number of aryl methyl sites for hydroxylation is 1. The third kappa shape index (κ3) is 5.11. The normalized spacial score (nSPS) is 14.4. The summed E-state index contributed by atoms with van der Waals surface area (Å²) >= 11 is 6.28. The second-order valence-corrected chi connectivity index (χ2v) is 5.26. The number of nitrogens with one attached hydrogen (secondary N) is 1. The number of rotatable bonds is 8. The highest BCUT2D eigenvalue weighted by atomic mass is 35.5. The molecule has 0 fully saturated rings. The second kappa shape index (κ2) is 8.54. The monoisotopic (exact) mass is 284 g/mol. The van der Waals surface area contributed by atoms with E-state index < -0.39 is 0 Å². The molecule has 0 spiro atoms. The summed E-state index contributed by atoms with van der Waals surface area (Å²) < 4.78 is 5.79. The zero-order valence-electron chi connectivity index (χ0n) is 12.1. The summed E-state index contributed by atoms with van der Waals surface area (Å²) in [6.07, 6.45) is 2.97. The molecule has 0 aliphatic carbocycles. The van der Waals surface area contributed by atoms with Crippen molar-refractivity contribution in [3.8, 4) is 0 Å². The quantitative estimate of drug-likeness (QED) is 0.569. The van der Waals surface area contributed by atoms with Gasteiger partial charge >= 0.3 is 0 Å². The van der Waals surface area contributed by atoms with Crippen LogP contribution in [-0.2, 0) is 11.2 Å². The predicted octanol–water partition coefficient (Wildman–Crippen LogP) is 3.23. The van der Waals surface area contributed by atoms with E-state index in [2.05, 4.69) is 24.5 Å². The molecule has 0 heterocycles. The highest BCUT2D eigenvalue weighted by Gasteiger charge is 2.21. The van der Waals surface area contributed by atoms with Gasteiger partial charge in [0.2, 0.25) is 0 Å². The molecular weight excluding hydrogens is 260 g/mol. The fourth-order valence-electron chi connectivity index (χ4n) is 2.25. The summed E-state index contributed by atoms with van der Waals surface area (Å²) in [4.78, 5) is 0. The third-order valence-corrected chi connectivity index (χ3v) is 3.62. The van der Waals surface area contributed by atoms with Crippen LogP contribution in [0.5, 0.6) is 0 Å². The van der Waals surface area contributed by atoms with E-state index in [1.54, 1.807) is 0 Å². The molecule has 0 aromatic heterocycles. The largest absolute Gasteiger partial charge is 0.377 e. The SMILES string of the molecule is CCCC(OCC)C(Cc1ccc(C)cc1Cl)NN. The van der Waals surface area contributed by atoms with Crippen LogP contribution < -0.4 is 11.3 Å². The van der Waals surface area contributed by atoms with Crippen LogP contribution in [-0.4, -0.2) is 18.8 Å². The van der Waals surface area contributed by atoms with Gasteiger partial charge in [0.25, 0.3) is 0 Å². The van der Waals surface area contributed by atoms with E-state index in [1.807, 2.05) is 19.9 Å². The Bertz CT molecular complexity index is 378. The first-order valence-electron chi connectivity index (χ1n) is 6.95. The van der Waals surface area contributed by atoms with Gasteiger partial charge in [-0.15, -0.1) is 0 Å². The number of hydrazine groups is 1. The van der Waals surface area contributed by atoms with Crippen LogP contribution in [0.4, 0.5) is 0 Å². The molecule has 0 aliphatic rings. The Morgan fingerprint density at radius 1 is 1.37 bits per heavy atom. The van der Waals surface area contributed by atoms with Gasteiger partial charge in [-0.05, 0) is 43.9 Å². The van der Waals surface area contributed by atoms with Crippen LogP contribution in [0.25, 0.3) is 0 Å². The summed E-state index contributed by atoms with van der Waals surface area (Å²) in [7, 11) is 0. The van der Waals surface area contributed by atoms with Crippen LogP contribution in [0.3, 0.4) is 0 Å². The summed E-state index contributed by atoms with van der Waals surface area (Å²) in [5, 5.41) is 0.798. The zero-order chi connectivity index (χ0) is 14.3. The van der Waals surface area contributed by atoms with Crippen molar-refractivity contribution in [1.29, 1.82) is 0 Å². The van der Waals surface area contributed by atoms with E-state index in [4.69, 9.17) is 22.2 Å². The molecule has 0 saturated carbocycles. The van der Waals surface area contributed by atoms with Crippen LogP contribution in [0.15, 0.2) is 18.2 Å². The minimum Gasteiger partial charge on any atom is -0.377 e. The minimum atomic E-state index is 0.0834. The minimum absolute atomic E-state index is 0.0834. The smallest absolute Gasteiger partial charge is 0.0744 e. The molecule has 108 valence electrons. The Hall–Kier alpha value is -0.610. The average Bonchev–Trinajstić information content (AvgIpc) is 2.38. The molecular formula is C15H25ClN2O. The van der Waals surface area contributed by atoms with Crippen molar-refractivity contribution in [3.63, 3.8) is 0 Å². The Morgan fingerprint density at radius 2 is 2.11 bits per heavy atom. The van der Waals surface area contributed by atoms with Crippen molar-refractivity contribution in [2.24, 2.45) is 5.84 Å². The molecule has 0 bridgehead atoms. The lowest BCUT2D eigenvalue weighted by Gasteiger charge is -2.26. The summed E-state index contributed by atoms with van der Waals surface area (Å²) in [6.45, 7) is 6.90. The topological polar surface area (TPSA) is 47.3 Å². The predicted molar refractivity (Wildman–Crippen MR) is 81.3 cm³/mol. The molecule has 1 aromatic rings. The van der Waals surface area contributed by atoms with E-state index in [1.165, 1.54) is 5.56 Å². The molecule has 0 amide bonds. The van der Waals surface area contributed by atoms with Crippen molar-refractivity contribution >= 4 is 11.6 Å². The lowest BCUT2D eigenvalue weighted by Crippen LogP contribution is -2.46. The number of nitrogens with two attached hydrogens (primary N) is 1. The van der Waals surface area contributed by atoms with Gasteiger partial charge in [0.1, 0.15) is 0 Å².